The van der Waals surface area contributed by atoms with Gasteiger partial charge in [0.15, 0.2) is 17.3 Å². The molecule has 2 N–H and O–H groups in total. The van der Waals surface area contributed by atoms with Gasteiger partial charge in [-0.2, -0.15) is 0 Å². The van der Waals surface area contributed by atoms with Crippen molar-refractivity contribution < 1.29 is 14.3 Å². The fraction of sp³-hybridized carbons (Fsp3) is 0.312. The monoisotopic (exact) mass is 271 g/mol. The topological polar surface area (TPSA) is 61.6 Å². The molecule has 0 atom stereocenters. The van der Waals surface area contributed by atoms with Crippen molar-refractivity contribution >= 4 is 11.4 Å². The van der Waals surface area contributed by atoms with E-state index in [-0.39, 0.29) is 5.78 Å². The number of carbonyl (C=O) groups excluding carboxylic acids is 1. The first kappa shape index (κ1) is 12.9. The SMILES string of the molecule is CC1=C(c2cc3c(cc2CN)OCCO3)C=CC(=O)C1. The van der Waals surface area contributed by atoms with Crippen molar-refractivity contribution in [3.05, 3.63) is 41.0 Å². The fourth-order valence-corrected chi connectivity index (χ4v) is 2.60. The van der Waals surface area contributed by atoms with Crippen LogP contribution in [0, 0.1) is 0 Å². The van der Waals surface area contributed by atoms with Gasteiger partial charge in [-0.05, 0) is 41.8 Å². The Kier molecular flexibility index (Phi) is 3.32. The average molecular weight is 271 g/mol. The van der Waals surface area contributed by atoms with Crippen molar-refractivity contribution in [3.63, 3.8) is 0 Å². The van der Waals surface area contributed by atoms with Crippen LogP contribution in [-0.2, 0) is 11.3 Å². The normalized spacial score (nSPS) is 17.6. The number of carbonyl (C=O) groups is 1. The van der Waals surface area contributed by atoms with E-state index in [0.717, 1.165) is 33.8 Å². The molecule has 0 unspecified atom stereocenters. The lowest BCUT2D eigenvalue weighted by atomic mass is 9.89. The van der Waals surface area contributed by atoms with E-state index in [2.05, 4.69) is 0 Å². The number of ketones is 1. The van der Waals surface area contributed by atoms with E-state index in [0.29, 0.717) is 26.2 Å². The Morgan fingerprint density at radius 3 is 2.50 bits per heavy atom. The maximum absolute atomic E-state index is 11.4. The highest BCUT2D eigenvalue weighted by Gasteiger charge is 2.19. The molecular formula is C16H17NO3. The van der Waals surface area contributed by atoms with E-state index in [1.807, 2.05) is 25.1 Å². The number of fused-ring (bicyclic) bond motifs is 1. The summed E-state index contributed by atoms with van der Waals surface area (Å²) in [7, 11) is 0. The molecule has 0 aromatic heterocycles. The molecule has 4 nitrogen and oxygen atoms in total. The Labute approximate surface area is 117 Å². The predicted octanol–water partition coefficient (Wildman–Crippen LogP) is 2.22. The van der Waals surface area contributed by atoms with Gasteiger partial charge >= 0.3 is 0 Å². The second-order valence-corrected chi connectivity index (χ2v) is 5.03. The fourth-order valence-electron chi connectivity index (χ4n) is 2.60. The highest BCUT2D eigenvalue weighted by molar-refractivity contribution is 5.99. The average Bonchev–Trinajstić information content (AvgIpc) is 2.46. The Bertz CT molecular complexity index is 629. The van der Waals surface area contributed by atoms with Crippen LogP contribution in [0.2, 0.25) is 0 Å². The van der Waals surface area contributed by atoms with Gasteiger partial charge in [0.1, 0.15) is 13.2 Å². The van der Waals surface area contributed by atoms with Crippen LogP contribution in [0.5, 0.6) is 11.5 Å². The van der Waals surface area contributed by atoms with Crippen molar-refractivity contribution in [2.24, 2.45) is 5.73 Å². The highest BCUT2D eigenvalue weighted by Crippen LogP contribution is 2.38. The van der Waals surface area contributed by atoms with Gasteiger partial charge in [-0.25, -0.2) is 0 Å². The smallest absolute Gasteiger partial charge is 0.161 e. The highest BCUT2D eigenvalue weighted by atomic mass is 16.6. The van der Waals surface area contributed by atoms with Gasteiger partial charge in [0.05, 0.1) is 0 Å². The molecular weight excluding hydrogens is 254 g/mol. The lowest BCUT2D eigenvalue weighted by molar-refractivity contribution is -0.114. The minimum Gasteiger partial charge on any atom is -0.486 e. The Morgan fingerprint density at radius 1 is 1.15 bits per heavy atom. The summed E-state index contributed by atoms with van der Waals surface area (Å²) in [5.41, 5.74) is 10.00. The third-order valence-corrected chi connectivity index (χ3v) is 3.61. The molecule has 0 spiro atoms. The second kappa shape index (κ2) is 5.13. The zero-order chi connectivity index (χ0) is 14.1. The summed E-state index contributed by atoms with van der Waals surface area (Å²) < 4.78 is 11.2. The summed E-state index contributed by atoms with van der Waals surface area (Å²) >= 11 is 0. The molecule has 3 rings (SSSR count). The van der Waals surface area contributed by atoms with Crippen molar-refractivity contribution in [2.75, 3.05) is 13.2 Å². The van der Waals surface area contributed by atoms with Gasteiger partial charge in [-0.15, -0.1) is 0 Å². The van der Waals surface area contributed by atoms with E-state index in [9.17, 15) is 4.79 Å². The lowest BCUT2D eigenvalue weighted by Crippen LogP contribution is -2.16. The van der Waals surface area contributed by atoms with Gasteiger partial charge < -0.3 is 15.2 Å². The van der Waals surface area contributed by atoms with Crippen molar-refractivity contribution in [3.8, 4) is 11.5 Å². The van der Waals surface area contributed by atoms with Gasteiger partial charge in [0.2, 0.25) is 0 Å². The maximum atomic E-state index is 11.4. The standard InChI is InChI=1S/C16H17NO3/c1-10-6-12(18)2-3-13(10)14-8-16-15(7-11(14)9-17)19-4-5-20-16/h2-3,7-8H,4-6,9,17H2,1H3. The number of hydrogen-bond donors (Lipinski definition) is 1. The molecule has 20 heavy (non-hydrogen) atoms. The van der Waals surface area contributed by atoms with Crippen LogP contribution < -0.4 is 15.2 Å². The third kappa shape index (κ3) is 2.23. The molecule has 0 amide bonds. The van der Waals surface area contributed by atoms with Crippen LogP contribution in [0.15, 0.2) is 29.9 Å². The molecule has 0 saturated heterocycles. The summed E-state index contributed by atoms with van der Waals surface area (Å²) in [5.74, 6) is 1.63. The number of allylic oxidation sites excluding steroid dienone is 4. The number of hydrogen-bond acceptors (Lipinski definition) is 4. The van der Waals surface area contributed by atoms with Crippen LogP contribution in [0.1, 0.15) is 24.5 Å². The molecule has 0 radical (unpaired) electrons. The van der Waals surface area contributed by atoms with E-state index >= 15 is 0 Å². The molecule has 0 bridgehead atoms. The number of rotatable bonds is 2. The van der Waals surface area contributed by atoms with Gasteiger partial charge in [-0.3, -0.25) is 4.79 Å². The van der Waals surface area contributed by atoms with Gasteiger partial charge in [-0.1, -0.05) is 11.6 Å². The summed E-state index contributed by atoms with van der Waals surface area (Å²) in [4.78, 5) is 11.4. The number of benzene rings is 1. The van der Waals surface area contributed by atoms with Crippen LogP contribution in [0.3, 0.4) is 0 Å². The first-order valence-electron chi connectivity index (χ1n) is 6.72. The minimum absolute atomic E-state index is 0.137. The molecule has 1 aliphatic heterocycles. The molecule has 1 aliphatic carbocycles. The summed E-state index contributed by atoms with van der Waals surface area (Å²) in [5, 5.41) is 0. The molecule has 1 aromatic carbocycles. The first-order valence-corrected chi connectivity index (χ1v) is 6.72. The molecule has 0 saturated carbocycles. The minimum atomic E-state index is 0.137. The Balaban J connectivity index is 2.11. The Morgan fingerprint density at radius 2 is 1.85 bits per heavy atom. The third-order valence-electron chi connectivity index (χ3n) is 3.61. The zero-order valence-corrected chi connectivity index (χ0v) is 11.4. The maximum Gasteiger partial charge on any atom is 0.161 e. The van der Waals surface area contributed by atoms with E-state index in [1.165, 1.54) is 0 Å². The van der Waals surface area contributed by atoms with Crippen LogP contribution in [-0.4, -0.2) is 19.0 Å². The van der Waals surface area contributed by atoms with Crippen molar-refractivity contribution in [2.45, 2.75) is 19.9 Å². The summed E-state index contributed by atoms with van der Waals surface area (Å²) in [6.07, 6.45) is 3.95. The van der Waals surface area contributed by atoms with E-state index in [4.69, 9.17) is 15.2 Å². The van der Waals surface area contributed by atoms with Crippen LogP contribution >= 0.6 is 0 Å². The van der Waals surface area contributed by atoms with Crippen molar-refractivity contribution in [1.29, 1.82) is 0 Å². The van der Waals surface area contributed by atoms with Crippen LogP contribution in [0.4, 0.5) is 0 Å². The summed E-state index contributed by atoms with van der Waals surface area (Å²) in [6, 6.07) is 3.91. The van der Waals surface area contributed by atoms with E-state index in [1.54, 1.807) is 6.08 Å². The van der Waals surface area contributed by atoms with Gasteiger partial charge in [0.25, 0.3) is 0 Å². The number of nitrogens with two attached hydrogens (primary N) is 1. The molecule has 4 heteroatoms. The lowest BCUT2D eigenvalue weighted by Gasteiger charge is -2.22. The molecule has 1 heterocycles. The molecule has 0 fully saturated rings. The van der Waals surface area contributed by atoms with Crippen molar-refractivity contribution in [1.82, 2.24) is 0 Å². The zero-order valence-electron chi connectivity index (χ0n) is 11.4. The first-order chi connectivity index (χ1) is 9.69. The largest absolute Gasteiger partial charge is 0.486 e. The Hall–Kier alpha value is -2.07. The predicted molar refractivity (Wildman–Crippen MR) is 76.7 cm³/mol. The second-order valence-electron chi connectivity index (χ2n) is 5.03. The molecule has 1 aromatic rings. The molecule has 104 valence electrons. The van der Waals surface area contributed by atoms with E-state index < -0.39 is 0 Å². The van der Waals surface area contributed by atoms with Gasteiger partial charge in [0, 0.05) is 13.0 Å². The summed E-state index contributed by atoms with van der Waals surface area (Å²) in [6.45, 7) is 3.52. The van der Waals surface area contributed by atoms with Crippen LogP contribution in [0.25, 0.3) is 5.57 Å². The number of ether oxygens (including phenoxy) is 2. The quantitative estimate of drug-likeness (QED) is 0.896. The molecule has 2 aliphatic rings.